The van der Waals surface area contributed by atoms with Crippen molar-refractivity contribution in [3.05, 3.63) is 41.6 Å². The summed E-state index contributed by atoms with van der Waals surface area (Å²) < 4.78 is 8.72. The Morgan fingerprint density at radius 1 is 1.03 bits per heavy atom. The molecule has 2 saturated heterocycles. The number of fused-ring (bicyclic) bond motifs is 1. The summed E-state index contributed by atoms with van der Waals surface area (Å²) in [6.07, 6.45) is 3.32. The van der Waals surface area contributed by atoms with Gasteiger partial charge in [0.15, 0.2) is 5.82 Å². The first kappa shape index (κ1) is 19.5. The van der Waals surface area contributed by atoms with Crippen LogP contribution in [0.15, 0.2) is 24.7 Å². The maximum Gasteiger partial charge on any atom is 0.260 e. The van der Waals surface area contributed by atoms with E-state index in [1.54, 1.807) is 24.3 Å². The molecule has 3 aromatic rings. The van der Waals surface area contributed by atoms with Crippen molar-refractivity contribution in [2.45, 2.75) is 13.8 Å². The fraction of sp³-hybridized carbons (Fsp3) is 0.476. The molecule has 31 heavy (non-hydrogen) atoms. The second kappa shape index (κ2) is 7.36. The molecule has 2 aliphatic rings. The maximum absolute atomic E-state index is 13.0. The van der Waals surface area contributed by atoms with Crippen molar-refractivity contribution in [1.82, 2.24) is 34.4 Å². The van der Waals surface area contributed by atoms with Gasteiger partial charge in [0.1, 0.15) is 17.7 Å². The van der Waals surface area contributed by atoms with Crippen molar-refractivity contribution in [3.63, 3.8) is 0 Å². The van der Waals surface area contributed by atoms with Crippen LogP contribution in [0.25, 0.3) is 5.82 Å². The number of amides is 1. The van der Waals surface area contributed by atoms with Gasteiger partial charge < -0.3 is 14.5 Å². The van der Waals surface area contributed by atoms with Crippen LogP contribution in [-0.4, -0.2) is 73.6 Å². The number of methoxy groups -OCH3 is 1. The predicted octanol–water partition coefficient (Wildman–Crippen LogP) is 1.23. The highest BCUT2D eigenvalue weighted by Crippen LogP contribution is 2.34. The van der Waals surface area contributed by atoms with Gasteiger partial charge in [-0.3, -0.25) is 9.48 Å². The molecule has 5 rings (SSSR count). The number of hydrogen-bond acceptors (Lipinski definition) is 7. The first-order chi connectivity index (χ1) is 14.9. The number of likely N-dealkylation sites (tertiary alicyclic amines) is 1. The number of anilines is 1. The molecule has 0 aliphatic carbocycles. The van der Waals surface area contributed by atoms with E-state index in [4.69, 9.17) is 4.74 Å². The van der Waals surface area contributed by atoms with Crippen LogP contribution in [0.2, 0.25) is 0 Å². The Morgan fingerprint density at radius 2 is 1.74 bits per heavy atom. The summed E-state index contributed by atoms with van der Waals surface area (Å²) in [5.74, 6) is 2.87. The van der Waals surface area contributed by atoms with Crippen LogP contribution in [0.1, 0.15) is 21.7 Å². The zero-order valence-corrected chi connectivity index (χ0v) is 18.2. The summed E-state index contributed by atoms with van der Waals surface area (Å²) in [5, 5.41) is 8.73. The van der Waals surface area contributed by atoms with Gasteiger partial charge in [0, 0.05) is 63.0 Å². The molecule has 162 valence electrons. The third-order valence-electron chi connectivity index (χ3n) is 6.18. The van der Waals surface area contributed by atoms with E-state index in [-0.39, 0.29) is 5.91 Å². The molecule has 0 aromatic carbocycles. The third kappa shape index (κ3) is 3.41. The van der Waals surface area contributed by atoms with Crippen molar-refractivity contribution in [3.8, 4) is 11.7 Å². The van der Waals surface area contributed by atoms with E-state index < -0.39 is 0 Å². The highest BCUT2D eigenvalue weighted by Gasteiger charge is 2.42. The third-order valence-corrected chi connectivity index (χ3v) is 6.18. The summed E-state index contributed by atoms with van der Waals surface area (Å²) >= 11 is 0. The predicted molar refractivity (Wildman–Crippen MR) is 113 cm³/mol. The fourth-order valence-corrected chi connectivity index (χ4v) is 4.77. The molecule has 2 aliphatic heterocycles. The van der Waals surface area contributed by atoms with Crippen molar-refractivity contribution in [2.75, 3.05) is 38.2 Å². The lowest BCUT2D eigenvalue weighted by Gasteiger charge is -2.22. The standard InChI is InChI=1S/C21H26N8O2/c1-13-5-14(2)29(24-13)19-6-18(22-12-23-19)27-7-15-9-28(10-16(15)8-27)21(30)17-11-26(3)25-20(17)31-4/h5-6,11-12,15-16H,7-10H2,1-4H3. The van der Waals surface area contributed by atoms with Crippen LogP contribution in [-0.2, 0) is 7.05 Å². The van der Waals surface area contributed by atoms with E-state index in [0.29, 0.717) is 23.3 Å². The van der Waals surface area contributed by atoms with Gasteiger partial charge in [0.05, 0.1) is 12.8 Å². The second-order valence-electron chi connectivity index (χ2n) is 8.43. The lowest BCUT2D eigenvalue weighted by molar-refractivity contribution is 0.0779. The fourth-order valence-electron chi connectivity index (χ4n) is 4.77. The van der Waals surface area contributed by atoms with Gasteiger partial charge in [-0.15, -0.1) is 5.10 Å². The summed E-state index contributed by atoms with van der Waals surface area (Å²) in [5.41, 5.74) is 2.52. The highest BCUT2D eigenvalue weighted by atomic mass is 16.5. The number of aromatic nitrogens is 6. The van der Waals surface area contributed by atoms with Gasteiger partial charge in [-0.2, -0.15) is 5.10 Å². The average molecular weight is 422 g/mol. The quantitative estimate of drug-likeness (QED) is 0.624. The molecule has 2 atom stereocenters. The summed E-state index contributed by atoms with van der Waals surface area (Å²) in [6.45, 7) is 7.19. The lowest BCUT2D eigenvalue weighted by atomic mass is 10.0. The highest BCUT2D eigenvalue weighted by molar-refractivity contribution is 5.96. The maximum atomic E-state index is 13.0. The zero-order valence-electron chi connectivity index (χ0n) is 18.2. The summed E-state index contributed by atoms with van der Waals surface area (Å²) in [7, 11) is 3.33. The minimum atomic E-state index is -0.0141. The summed E-state index contributed by atoms with van der Waals surface area (Å²) in [6, 6.07) is 4.02. The number of carbonyl (C=O) groups is 1. The van der Waals surface area contributed by atoms with E-state index in [1.807, 2.05) is 35.6 Å². The van der Waals surface area contributed by atoms with E-state index >= 15 is 0 Å². The van der Waals surface area contributed by atoms with E-state index in [0.717, 1.165) is 49.2 Å². The van der Waals surface area contributed by atoms with Gasteiger partial charge in [0.25, 0.3) is 5.91 Å². The minimum Gasteiger partial charge on any atom is -0.479 e. The molecule has 3 aromatic heterocycles. The molecule has 1 amide bonds. The minimum absolute atomic E-state index is 0.0141. The lowest BCUT2D eigenvalue weighted by Crippen LogP contribution is -2.33. The first-order valence-electron chi connectivity index (χ1n) is 10.4. The van der Waals surface area contributed by atoms with E-state index in [9.17, 15) is 4.79 Å². The smallest absolute Gasteiger partial charge is 0.260 e. The van der Waals surface area contributed by atoms with Crippen LogP contribution in [0.4, 0.5) is 5.82 Å². The van der Waals surface area contributed by atoms with Crippen LogP contribution in [0.5, 0.6) is 5.88 Å². The molecule has 0 N–H and O–H groups in total. The van der Waals surface area contributed by atoms with Crippen molar-refractivity contribution in [1.29, 1.82) is 0 Å². The van der Waals surface area contributed by atoms with Crippen molar-refractivity contribution >= 4 is 11.7 Å². The van der Waals surface area contributed by atoms with Crippen molar-refractivity contribution in [2.24, 2.45) is 18.9 Å². The monoisotopic (exact) mass is 422 g/mol. The Hall–Kier alpha value is -3.43. The Balaban J connectivity index is 1.29. The van der Waals surface area contributed by atoms with Crippen LogP contribution in [0, 0.1) is 25.7 Å². The Labute approximate surface area is 180 Å². The molecule has 2 unspecified atom stereocenters. The number of rotatable bonds is 4. The SMILES string of the molecule is COc1nn(C)cc1C(=O)N1CC2CN(c3cc(-n4nc(C)cc4C)ncn3)CC2C1. The van der Waals surface area contributed by atoms with Gasteiger partial charge in [-0.25, -0.2) is 14.6 Å². The topological polar surface area (TPSA) is 94.2 Å². The normalized spacial score (nSPS) is 20.4. The largest absolute Gasteiger partial charge is 0.479 e. The molecule has 2 fully saturated rings. The number of aryl methyl sites for hydroxylation is 3. The molecule has 0 bridgehead atoms. The second-order valence-corrected chi connectivity index (χ2v) is 8.43. The summed E-state index contributed by atoms with van der Waals surface area (Å²) in [4.78, 5) is 26.1. The van der Waals surface area contributed by atoms with Crippen LogP contribution >= 0.6 is 0 Å². The van der Waals surface area contributed by atoms with Gasteiger partial charge in [-0.05, 0) is 19.9 Å². The number of ether oxygens (including phenoxy) is 1. The number of carbonyl (C=O) groups excluding carboxylic acids is 1. The molecule has 10 nitrogen and oxygen atoms in total. The van der Waals surface area contributed by atoms with Gasteiger partial charge in [0.2, 0.25) is 5.88 Å². The number of nitrogens with zero attached hydrogens (tertiary/aromatic N) is 8. The molecule has 10 heteroatoms. The molecule has 5 heterocycles. The Kier molecular flexibility index (Phi) is 4.64. The number of hydrogen-bond donors (Lipinski definition) is 0. The first-order valence-corrected chi connectivity index (χ1v) is 10.4. The van der Waals surface area contributed by atoms with Crippen molar-refractivity contribution < 1.29 is 9.53 Å². The molecule has 0 saturated carbocycles. The molecular weight excluding hydrogens is 396 g/mol. The van der Waals surface area contributed by atoms with Crippen LogP contribution in [0.3, 0.4) is 0 Å². The average Bonchev–Trinajstić information content (AvgIpc) is 3.49. The van der Waals surface area contributed by atoms with Gasteiger partial charge >= 0.3 is 0 Å². The van der Waals surface area contributed by atoms with E-state index in [1.165, 1.54) is 7.11 Å². The van der Waals surface area contributed by atoms with Gasteiger partial charge in [-0.1, -0.05) is 0 Å². The zero-order chi connectivity index (χ0) is 21.7. The molecule has 0 radical (unpaired) electrons. The Morgan fingerprint density at radius 3 is 2.39 bits per heavy atom. The van der Waals surface area contributed by atoms with Crippen LogP contribution < -0.4 is 9.64 Å². The van der Waals surface area contributed by atoms with E-state index in [2.05, 4.69) is 25.1 Å². The molecular formula is C21H26N8O2. The molecule has 0 spiro atoms. The Bertz CT molecular complexity index is 1120.